The highest BCUT2D eigenvalue weighted by atomic mass is 16.7. The number of rotatable bonds is 49. The molecule has 0 heterocycles. The van der Waals surface area contributed by atoms with Gasteiger partial charge in [-0.3, -0.25) is 9.59 Å². The third-order valence-corrected chi connectivity index (χ3v) is 11.8. The first-order valence-corrected chi connectivity index (χ1v) is 26.3. The first kappa shape index (κ1) is 60.0. The fraction of sp³-hybridized carbons (Fsp3) is 0.906. The van der Waals surface area contributed by atoms with E-state index in [-0.39, 0.29) is 32.2 Å². The number of hydrogen-bond donors (Lipinski definition) is 0. The van der Waals surface area contributed by atoms with Crippen LogP contribution < -0.4 is 5.11 Å². The van der Waals surface area contributed by atoms with E-state index in [4.69, 9.17) is 18.9 Å². The van der Waals surface area contributed by atoms with Gasteiger partial charge in [-0.2, -0.15) is 0 Å². The van der Waals surface area contributed by atoms with Gasteiger partial charge >= 0.3 is 11.9 Å². The summed E-state index contributed by atoms with van der Waals surface area (Å²) in [4.78, 5) is 37.1. The summed E-state index contributed by atoms with van der Waals surface area (Å²) >= 11 is 0. The molecule has 0 spiro atoms. The number of aliphatic carboxylic acids is 1. The van der Waals surface area contributed by atoms with Crippen LogP contribution in [0.4, 0.5) is 0 Å². The number of carboxylic acids is 1. The standard InChI is InChI=1S/C53H101NO8/c1-6-8-10-12-14-16-18-20-22-23-24-25-26-27-28-29-30-32-33-35-37-39-41-43-50(55)60-47-49(48-61-53(52(57)58)59-46-45-54(3,4)5)62-51(56)44-42-40-38-36-34-31-21-19-17-15-13-11-9-7-2/h19,21,49,53H,6-18,20,22-48H2,1-5H3/b21-19-. The molecule has 0 saturated heterocycles. The maximum Gasteiger partial charge on any atom is 0.306 e. The van der Waals surface area contributed by atoms with Crippen LogP contribution >= 0.6 is 0 Å². The summed E-state index contributed by atoms with van der Waals surface area (Å²) in [7, 11) is 5.92. The lowest BCUT2D eigenvalue weighted by molar-refractivity contribution is -0.870. The van der Waals surface area contributed by atoms with Crippen molar-refractivity contribution in [2.24, 2.45) is 0 Å². The molecule has 0 aliphatic heterocycles. The molecule has 0 fully saturated rings. The van der Waals surface area contributed by atoms with Crippen molar-refractivity contribution in [2.75, 3.05) is 47.5 Å². The summed E-state index contributed by atoms with van der Waals surface area (Å²) in [6.45, 7) is 4.76. The zero-order valence-electron chi connectivity index (χ0n) is 41.5. The molecular weight excluding hydrogens is 779 g/mol. The van der Waals surface area contributed by atoms with E-state index in [9.17, 15) is 19.5 Å². The minimum absolute atomic E-state index is 0.149. The monoisotopic (exact) mass is 880 g/mol. The van der Waals surface area contributed by atoms with E-state index in [1.807, 2.05) is 21.1 Å². The Balaban J connectivity index is 4.22. The molecule has 0 aromatic heterocycles. The third kappa shape index (κ3) is 46.0. The lowest BCUT2D eigenvalue weighted by Gasteiger charge is -2.26. The Morgan fingerprint density at radius 2 is 0.823 bits per heavy atom. The number of allylic oxidation sites excluding steroid dienone is 2. The number of esters is 2. The van der Waals surface area contributed by atoms with Crippen LogP contribution in [0.3, 0.4) is 0 Å². The number of likely N-dealkylation sites (N-methyl/N-ethyl adjacent to an activating group) is 1. The van der Waals surface area contributed by atoms with Crippen molar-refractivity contribution < 1.29 is 42.9 Å². The molecule has 0 bridgehead atoms. The second-order valence-electron chi connectivity index (χ2n) is 19.2. The van der Waals surface area contributed by atoms with Crippen LogP contribution in [-0.4, -0.2) is 82.3 Å². The lowest BCUT2D eigenvalue weighted by atomic mass is 10.0. The van der Waals surface area contributed by atoms with Crippen LogP contribution in [0, 0.1) is 0 Å². The topological polar surface area (TPSA) is 111 Å². The molecule has 2 unspecified atom stereocenters. The van der Waals surface area contributed by atoms with Crippen molar-refractivity contribution in [3.63, 3.8) is 0 Å². The minimum Gasteiger partial charge on any atom is -0.545 e. The number of quaternary nitrogens is 1. The van der Waals surface area contributed by atoms with Gasteiger partial charge in [-0.25, -0.2) is 0 Å². The van der Waals surface area contributed by atoms with Crippen molar-refractivity contribution in [1.82, 2.24) is 0 Å². The van der Waals surface area contributed by atoms with E-state index in [0.29, 0.717) is 23.9 Å². The average Bonchev–Trinajstić information content (AvgIpc) is 3.23. The number of ether oxygens (including phenoxy) is 4. The predicted molar refractivity (Wildman–Crippen MR) is 256 cm³/mol. The van der Waals surface area contributed by atoms with Gasteiger partial charge in [0.1, 0.15) is 13.2 Å². The molecule has 62 heavy (non-hydrogen) atoms. The molecule has 2 atom stereocenters. The van der Waals surface area contributed by atoms with Gasteiger partial charge in [0.25, 0.3) is 0 Å². The van der Waals surface area contributed by atoms with Gasteiger partial charge in [0.05, 0.1) is 40.3 Å². The molecule has 9 nitrogen and oxygen atoms in total. The summed E-state index contributed by atoms with van der Waals surface area (Å²) in [5.41, 5.74) is 0. The van der Waals surface area contributed by atoms with E-state index in [1.165, 1.54) is 167 Å². The fourth-order valence-electron chi connectivity index (χ4n) is 7.65. The highest BCUT2D eigenvalue weighted by Crippen LogP contribution is 2.17. The van der Waals surface area contributed by atoms with Crippen LogP contribution in [0.2, 0.25) is 0 Å². The Hall–Kier alpha value is -1.97. The molecule has 0 amide bonds. The Morgan fingerprint density at radius 1 is 0.468 bits per heavy atom. The maximum absolute atomic E-state index is 12.8. The largest absolute Gasteiger partial charge is 0.545 e. The lowest BCUT2D eigenvalue weighted by Crippen LogP contribution is -2.44. The quantitative estimate of drug-likeness (QED) is 0.0195. The highest BCUT2D eigenvalue weighted by Gasteiger charge is 2.22. The van der Waals surface area contributed by atoms with Crippen LogP contribution in [0.15, 0.2) is 12.2 Å². The van der Waals surface area contributed by atoms with Gasteiger partial charge in [0.2, 0.25) is 0 Å². The van der Waals surface area contributed by atoms with E-state index < -0.39 is 24.3 Å². The van der Waals surface area contributed by atoms with Gasteiger partial charge in [-0.1, -0.05) is 212 Å². The minimum atomic E-state index is -1.62. The van der Waals surface area contributed by atoms with Gasteiger partial charge < -0.3 is 33.3 Å². The van der Waals surface area contributed by atoms with Crippen LogP contribution in [0.5, 0.6) is 0 Å². The van der Waals surface area contributed by atoms with E-state index in [0.717, 1.165) is 51.4 Å². The number of carboxylic acid groups (broad SMARTS) is 1. The van der Waals surface area contributed by atoms with E-state index >= 15 is 0 Å². The molecule has 0 radical (unpaired) electrons. The highest BCUT2D eigenvalue weighted by molar-refractivity contribution is 5.70. The van der Waals surface area contributed by atoms with Crippen molar-refractivity contribution >= 4 is 17.9 Å². The Labute approximate surface area is 383 Å². The molecule has 0 aromatic carbocycles. The molecule has 0 aromatic rings. The molecular formula is C53H101NO8. The summed E-state index contributed by atoms with van der Waals surface area (Å²) in [5.74, 6) is -2.28. The van der Waals surface area contributed by atoms with Gasteiger partial charge in [0.15, 0.2) is 12.4 Å². The summed E-state index contributed by atoms with van der Waals surface area (Å²) < 4.78 is 22.6. The third-order valence-electron chi connectivity index (χ3n) is 11.8. The maximum atomic E-state index is 12.8. The Morgan fingerprint density at radius 3 is 1.19 bits per heavy atom. The van der Waals surface area contributed by atoms with Crippen LogP contribution in [-0.2, 0) is 33.3 Å². The number of carbonyl (C=O) groups excluding carboxylic acids is 3. The van der Waals surface area contributed by atoms with Crippen molar-refractivity contribution in [3.05, 3.63) is 12.2 Å². The molecule has 0 saturated carbocycles. The molecule has 0 rings (SSSR count). The Bertz CT molecular complexity index is 1030. The Kier molecular flexibility index (Phi) is 44.1. The number of hydrogen-bond acceptors (Lipinski definition) is 8. The van der Waals surface area contributed by atoms with Gasteiger partial charge in [0, 0.05) is 12.8 Å². The van der Waals surface area contributed by atoms with Crippen LogP contribution in [0.1, 0.15) is 251 Å². The number of unbranched alkanes of at least 4 members (excludes halogenated alkanes) is 32. The average molecular weight is 880 g/mol. The zero-order valence-corrected chi connectivity index (χ0v) is 41.5. The van der Waals surface area contributed by atoms with Crippen molar-refractivity contribution in [1.29, 1.82) is 0 Å². The predicted octanol–water partition coefficient (Wildman–Crippen LogP) is 13.3. The molecule has 9 heteroatoms. The fourth-order valence-corrected chi connectivity index (χ4v) is 7.65. The van der Waals surface area contributed by atoms with Crippen molar-refractivity contribution in [2.45, 2.75) is 264 Å². The number of nitrogens with zero attached hydrogens (tertiary/aromatic N) is 1. The van der Waals surface area contributed by atoms with Crippen molar-refractivity contribution in [3.8, 4) is 0 Å². The molecule has 366 valence electrons. The normalized spacial score (nSPS) is 12.9. The molecule has 0 N–H and O–H groups in total. The van der Waals surface area contributed by atoms with Gasteiger partial charge in [-0.05, 0) is 38.5 Å². The first-order valence-electron chi connectivity index (χ1n) is 26.3. The number of carbonyl (C=O) groups is 3. The summed E-state index contributed by atoms with van der Waals surface area (Å²) in [6.07, 6.45) is 46.8. The molecule has 0 aliphatic rings. The molecule has 0 aliphatic carbocycles. The smallest absolute Gasteiger partial charge is 0.306 e. The second-order valence-corrected chi connectivity index (χ2v) is 19.2. The summed E-state index contributed by atoms with van der Waals surface area (Å²) in [5, 5.41) is 11.7. The SMILES string of the molecule is CCCCCCC/C=C\CCCCCCCC(=O)OC(COC(=O)CCCCCCCCCCCCCCCCCCCCCCCCC)COC(OCC[N+](C)(C)C)C(=O)[O-]. The van der Waals surface area contributed by atoms with Crippen LogP contribution in [0.25, 0.3) is 0 Å². The van der Waals surface area contributed by atoms with E-state index in [1.54, 1.807) is 0 Å². The first-order chi connectivity index (χ1) is 30.1. The van der Waals surface area contributed by atoms with E-state index in [2.05, 4.69) is 26.0 Å². The second kappa shape index (κ2) is 45.6. The zero-order chi connectivity index (χ0) is 45.6. The van der Waals surface area contributed by atoms with Gasteiger partial charge in [-0.15, -0.1) is 0 Å². The summed E-state index contributed by atoms with van der Waals surface area (Å²) in [6, 6.07) is 0.